The Labute approximate surface area is 633 Å². The normalized spacial score (nSPS) is 16.3. The molecule has 0 saturated heterocycles. The number of hydrogen-bond donors (Lipinski definition) is 0. The van der Waals surface area contributed by atoms with E-state index >= 15 is 0 Å². The van der Waals surface area contributed by atoms with Crippen molar-refractivity contribution in [3.05, 3.63) is 407 Å². The molecule has 15 aromatic carbocycles. The summed E-state index contributed by atoms with van der Waals surface area (Å²) >= 11 is 0. The van der Waals surface area contributed by atoms with Gasteiger partial charge in [-0.3, -0.25) is 0 Å². The molecule has 3 aliphatic rings. The second-order valence-electron chi connectivity index (χ2n) is 28.9. The van der Waals surface area contributed by atoms with Gasteiger partial charge in [0.1, 0.15) is 0 Å². The lowest BCUT2D eigenvalue weighted by molar-refractivity contribution is 0.590. The van der Waals surface area contributed by atoms with E-state index in [-0.39, 0.29) is 68.0 Å². The second-order valence-corrected chi connectivity index (χ2v) is 28.9. The Morgan fingerprint density at radius 1 is 0.272 bits per heavy atom. The first-order valence-corrected chi connectivity index (χ1v) is 34.9. The molecule has 1 unspecified atom stereocenters. The van der Waals surface area contributed by atoms with E-state index in [9.17, 15) is 21.9 Å². The van der Waals surface area contributed by atoms with Crippen LogP contribution < -0.4 is 9.80 Å². The molecule has 103 heavy (non-hydrogen) atoms. The number of hydrogen-bond acceptors (Lipinski definition) is 2. The molecular weight excluding hydrogens is 1240 g/mol. The molecule has 0 saturated carbocycles. The molecule has 0 radical (unpaired) electrons. The number of rotatable bonds is 11. The van der Waals surface area contributed by atoms with Crippen molar-refractivity contribution in [2.24, 2.45) is 0 Å². The smallest absolute Gasteiger partial charge is 0.0629 e. The van der Waals surface area contributed by atoms with Crippen LogP contribution in [0.25, 0.3) is 89.0 Å². The van der Waals surface area contributed by atoms with Crippen LogP contribution in [0, 0.1) is 0 Å². The van der Waals surface area contributed by atoms with Gasteiger partial charge in [0.25, 0.3) is 0 Å². The SMILES string of the molecule is [2H]c1cc([2H])c([2H])c(-c2cc(C(C)(C)C)cc(-c3c([2H])c([2H])c([2H])c([2H])c3[2H])c2N2c3ccc(-c4ccccc4-c4ccccc4)cc3C3c4cc(-c5ccccc5-c5ccccc5)ccc4N(c4c(-c5c([2H])c([2H])c([2H])c([2H])c5[2H])cc(C(C)(C)C)cc4-c4c([2H])c([2H])c([2H])c([2H])c4[2H])c4cc(C5c6ccccc6Cc6ccccc65)cc2c43)c1[2H]. The van der Waals surface area contributed by atoms with Crippen molar-refractivity contribution >= 4 is 34.1 Å². The van der Waals surface area contributed by atoms with E-state index in [1.807, 2.05) is 191 Å². The van der Waals surface area contributed by atoms with E-state index in [0.29, 0.717) is 62.6 Å². The molecule has 15 aromatic rings. The summed E-state index contributed by atoms with van der Waals surface area (Å²) in [6, 6.07) is 66.5. The van der Waals surface area contributed by atoms with Crippen LogP contribution in [0.5, 0.6) is 0 Å². The van der Waals surface area contributed by atoms with Crippen molar-refractivity contribution in [2.75, 3.05) is 9.80 Å². The highest BCUT2D eigenvalue weighted by Crippen LogP contribution is 2.66. The van der Waals surface area contributed by atoms with E-state index in [2.05, 4.69) is 72.8 Å². The Hall–Kier alpha value is -12.1. The summed E-state index contributed by atoms with van der Waals surface area (Å²) in [7, 11) is 0. The number of nitrogens with zero attached hydrogens (tertiary/aromatic N) is 2. The first-order chi connectivity index (χ1) is 58.2. The van der Waals surface area contributed by atoms with Gasteiger partial charge in [0.05, 0.1) is 60.2 Å². The molecule has 0 aromatic heterocycles. The number of fused-ring (bicyclic) bond motifs is 6. The predicted octanol–water partition coefficient (Wildman–Crippen LogP) is 27.4. The van der Waals surface area contributed by atoms with Crippen LogP contribution in [0.4, 0.5) is 34.1 Å². The van der Waals surface area contributed by atoms with E-state index in [0.717, 1.165) is 72.8 Å². The zero-order valence-electron chi connectivity index (χ0n) is 76.8. The van der Waals surface area contributed by atoms with Gasteiger partial charge in [-0.25, -0.2) is 0 Å². The van der Waals surface area contributed by atoms with Crippen LogP contribution in [0.1, 0.15) is 135 Å². The van der Waals surface area contributed by atoms with Gasteiger partial charge in [-0.15, -0.1) is 0 Å². The summed E-state index contributed by atoms with van der Waals surface area (Å²) in [5, 5.41) is 0. The second kappa shape index (κ2) is 25.5. The molecule has 1 aliphatic carbocycles. The van der Waals surface area contributed by atoms with Gasteiger partial charge in [-0.2, -0.15) is 0 Å². The van der Waals surface area contributed by atoms with Gasteiger partial charge in [-0.1, -0.05) is 332 Å². The molecule has 0 spiro atoms. The van der Waals surface area contributed by atoms with E-state index in [4.69, 9.17) is 4.11 Å². The number of anilines is 6. The van der Waals surface area contributed by atoms with Crippen molar-refractivity contribution in [3.8, 4) is 89.0 Å². The lowest BCUT2D eigenvalue weighted by Crippen LogP contribution is -2.31. The van der Waals surface area contributed by atoms with Crippen molar-refractivity contribution in [1.29, 1.82) is 0 Å². The molecule has 2 heteroatoms. The highest BCUT2D eigenvalue weighted by molar-refractivity contribution is 6.08. The standard InChI is InChI=1S/C101H80N2/c1-100(2,3)77-62-85(68-37-17-9-18-38-68)98(86(63-77)69-39-19-10-20-40-69)102-91-55-53-74(81-49-31-29-47-79(81)66-33-13-7-14-34-66)58-89(91)96-90-59-75(82-50-32-30-48-80(82)67-35-15-8-16-36-67)54-56-92(90)103(99-87(70-41-21-11-22-42-70)64-78(101(4,5)6)65-88(99)71-43-23-12-24-44-71)94-61-76(60-93(102)97(94)96)95-83-51-27-25-45-72(83)57-73-46-26-28-52-84(73)95/h7-56,58-65,95-96H,57H2,1-6H3/i9D,10D,11D,17D,18D,19D,20D,21D,22D,23D,24D,37D,38D,39D,40D,41D,42D,43D,44D. The third-order valence-electron chi connectivity index (χ3n) is 20.7. The molecule has 18 rings (SSSR count). The van der Waals surface area contributed by atoms with Crippen molar-refractivity contribution < 1.29 is 26.0 Å². The lowest BCUT2D eigenvalue weighted by Gasteiger charge is -2.47. The summed E-state index contributed by atoms with van der Waals surface area (Å²) in [5.74, 6) is -1.61. The Morgan fingerprint density at radius 3 is 0.990 bits per heavy atom. The molecule has 0 N–H and O–H groups in total. The summed E-state index contributed by atoms with van der Waals surface area (Å²) in [4.78, 5) is 3.96. The highest BCUT2D eigenvalue weighted by Gasteiger charge is 2.45. The Morgan fingerprint density at radius 2 is 0.612 bits per heavy atom. The molecule has 2 aliphatic heterocycles. The minimum Gasteiger partial charge on any atom is -0.309 e. The molecular formula is C101H80N2. The third kappa shape index (κ3) is 11.1. The molecule has 0 bridgehead atoms. The van der Waals surface area contributed by atoms with Gasteiger partial charge < -0.3 is 9.80 Å². The molecule has 1 atom stereocenters. The van der Waals surface area contributed by atoms with Crippen LogP contribution in [0.3, 0.4) is 0 Å². The fraction of sp³-hybridized carbons (Fsp3) is 0.109. The summed E-state index contributed by atoms with van der Waals surface area (Å²) < 4.78 is 186. The maximum absolute atomic E-state index is 10.2. The zero-order chi connectivity index (χ0) is 86.0. The van der Waals surface area contributed by atoms with E-state index in [1.165, 1.54) is 0 Å². The van der Waals surface area contributed by atoms with E-state index < -0.39 is 125 Å². The highest BCUT2D eigenvalue weighted by atomic mass is 15.2. The van der Waals surface area contributed by atoms with Crippen LogP contribution in [-0.4, -0.2) is 0 Å². The van der Waals surface area contributed by atoms with Crippen LogP contribution in [0.15, 0.2) is 351 Å². The molecule has 0 amide bonds. The van der Waals surface area contributed by atoms with Gasteiger partial charge in [0, 0.05) is 39.7 Å². The Balaban J connectivity index is 1.13. The average molecular weight is 1340 g/mol. The molecule has 2 nitrogen and oxygen atoms in total. The van der Waals surface area contributed by atoms with Gasteiger partial charge in [0.15, 0.2) is 0 Å². The average Bonchev–Trinajstić information content (AvgIpc) is 0.680. The maximum Gasteiger partial charge on any atom is 0.0629 e. The largest absolute Gasteiger partial charge is 0.309 e. The van der Waals surface area contributed by atoms with Crippen LogP contribution in [0.2, 0.25) is 0 Å². The van der Waals surface area contributed by atoms with Gasteiger partial charge >= 0.3 is 0 Å². The van der Waals surface area contributed by atoms with Crippen molar-refractivity contribution in [2.45, 2.75) is 70.6 Å². The maximum atomic E-state index is 10.2. The van der Waals surface area contributed by atoms with Crippen LogP contribution >= 0.6 is 0 Å². The summed E-state index contributed by atoms with van der Waals surface area (Å²) in [5.41, 5.74) is 13.6. The molecule has 0 fully saturated rings. The lowest BCUT2D eigenvalue weighted by atomic mass is 9.70. The molecule has 2 heterocycles. The van der Waals surface area contributed by atoms with Crippen LogP contribution in [-0.2, 0) is 17.3 Å². The third-order valence-corrected chi connectivity index (χ3v) is 20.7. The minimum atomic E-state index is -0.955. The Kier molecular flexibility index (Phi) is 11.3. The zero-order valence-corrected chi connectivity index (χ0v) is 57.8. The van der Waals surface area contributed by atoms with Crippen molar-refractivity contribution in [3.63, 3.8) is 0 Å². The monoisotopic (exact) mass is 1340 g/mol. The summed E-state index contributed by atoms with van der Waals surface area (Å²) in [6.45, 7) is 11.7. The van der Waals surface area contributed by atoms with Gasteiger partial charge in [-0.05, 0) is 195 Å². The number of benzene rings is 15. The van der Waals surface area contributed by atoms with E-state index in [1.54, 1.807) is 18.2 Å². The fourth-order valence-electron chi connectivity index (χ4n) is 15.9. The quantitative estimate of drug-likeness (QED) is 0.127. The minimum absolute atomic E-state index is 0.0375. The Bertz CT molecular complexity index is 6720. The first-order valence-electron chi connectivity index (χ1n) is 44.4. The van der Waals surface area contributed by atoms with Gasteiger partial charge in [0.2, 0.25) is 0 Å². The first kappa shape index (κ1) is 45.6. The van der Waals surface area contributed by atoms with Crippen molar-refractivity contribution in [1.82, 2.24) is 0 Å². The summed E-state index contributed by atoms with van der Waals surface area (Å²) in [6.07, 6.45) is 0.554. The topological polar surface area (TPSA) is 6.48 Å². The predicted molar refractivity (Wildman–Crippen MR) is 434 cm³/mol. The molecule has 494 valence electrons. The fourth-order valence-corrected chi connectivity index (χ4v) is 15.9.